The molecule has 3 rings (SSSR count). The molecule has 1 heterocycles. The van der Waals surface area contributed by atoms with Gasteiger partial charge in [-0.2, -0.15) is 13.2 Å². The van der Waals surface area contributed by atoms with Crippen molar-refractivity contribution in [1.29, 1.82) is 0 Å². The Hall–Kier alpha value is -2.70. The lowest BCUT2D eigenvalue weighted by Crippen LogP contribution is -2.25. The van der Waals surface area contributed by atoms with Crippen molar-refractivity contribution in [3.05, 3.63) is 52.6 Å². The van der Waals surface area contributed by atoms with Crippen LogP contribution in [0.1, 0.15) is 62.8 Å². The number of nitrogens with zero attached hydrogens (tertiary/aromatic N) is 1. The summed E-state index contributed by atoms with van der Waals surface area (Å²) in [4.78, 5) is 14.8. The molecule has 0 spiro atoms. The third-order valence-electron chi connectivity index (χ3n) is 6.31. The zero-order chi connectivity index (χ0) is 26.0. The highest BCUT2D eigenvalue weighted by atomic mass is 19.4. The standard InChI is InChI=1S/C28H37F3N2O2/c1-18-12-23(13-19(2)26(18)32-25(34)15-27(4,5)6)33-11-7-8-21-14-24(10-9-22(21)16-33)35-17-20(3)28(29,30)31/h9-10,12-14,20H,7-8,11,15-17H2,1-6H3,(H,32,34). The Balaban J connectivity index is 1.73. The number of fused-ring (bicyclic) bond motifs is 1. The van der Waals surface area contributed by atoms with Crippen molar-refractivity contribution in [1.82, 2.24) is 0 Å². The number of ether oxygens (including phenoxy) is 1. The number of hydrogen-bond donors (Lipinski definition) is 1. The lowest BCUT2D eigenvalue weighted by atomic mass is 9.92. The van der Waals surface area contributed by atoms with Crippen LogP contribution in [0.3, 0.4) is 0 Å². The van der Waals surface area contributed by atoms with Gasteiger partial charge in [0.2, 0.25) is 5.91 Å². The quantitative estimate of drug-likeness (QED) is 0.465. The van der Waals surface area contributed by atoms with Gasteiger partial charge in [0.15, 0.2) is 0 Å². The normalized spacial score (nSPS) is 15.3. The largest absolute Gasteiger partial charge is 0.493 e. The molecule has 0 fully saturated rings. The first-order valence-corrected chi connectivity index (χ1v) is 12.2. The molecule has 1 aliphatic rings. The van der Waals surface area contributed by atoms with Crippen LogP contribution in [-0.2, 0) is 17.8 Å². The van der Waals surface area contributed by atoms with Crippen molar-refractivity contribution in [2.24, 2.45) is 11.3 Å². The summed E-state index contributed by atoms with van der Waals surface area (Å²) in [5.74, 6) is -1.01. The summed E-state index contributed by atoms with van der Waals surface area (Å²) >= 11 is 0. The number of nitrogens with one attached hydrogen (secondary N) is 1. The second kappa shape index (κ2) is 10.5. The number of hydrogen-bond acceptors (Lipinski definition) is 3. The summed E-state index contributed by atoms with van der Waals surface area (Å²) in [7, 11) is 0. The molecule has 1 unspecified atom stereocenters. The van der Waals surface area contributed by atoms with Crippen molar-refractivity contribution in [2.75, 3.05) is 23.4 Å². The molecule has 0 aliphatic carbocycles. The van der Waals surface area contributed by atoms with Gasteiger partial charge < -0.3 is 15.0 Å². The third kappa shape index (κ3) is 7.39. The number of rotatable bonds is 6. The maximum Gasteiger partial charge on any atom is 0.394 e. The van der Waals surface area contributed by atoms with E-state index in [1.165, 1.54) is 0 Å². The van der Waals surface area contributed by atoms with Crippen LogP contribution in [0, 0.1) is 25.2 Å². The van der Waals surface area contributed by atoms with Crippen LogP contribution in [-0.4, -0.2) is 25.2 Å². The van der Waals surface area contributed by atoms with Crippen molar-refractivity contribution in [3.8, 4) is 5.75 Å². The fourth-order valence-corrected chi connectivity index (χ4v) is 4.35. The van der Waals surface area contributed by atoms with Crippen LogP contribution in [0.4, 0.5) is 24.5 Å². The minimum Gasteiger partial charge on any atom is -0.493 e. The van der Waals surface area contributed by atoms with Crippen LogP contribution in [0.15, 0.2) is 30.3 Å². The number of benzene rings is 2. The van der Waals surface area contributed by atoms with E-state index in [0.717, 1.165) is 59.9 Å². The number of aryl methyl sites for hydroxylation is 3. The topological polar surface area (TPSA) is 41.6 Å². The SMILES string of the molecule is Cc1cc(N2CCCc3cc(OCC(C)C(F)(F)F)ccc3C2)cc(C)c1NC(=O)CC(C)(C)C. The molecule has 0 radical (unpaired) electrons. The van der Waals surface area contributed by atoms with Gasteiger partial charge in [0, 0.05) is 30.9 Å². The monoisotopic (exact) mass is 490 g/mol. The number of amides is 1. The van der Waals surface area contributed by atoms with E-state index in [1.54, 1.807) is 6.07 Å². The van der Waals surface area contributed by atoms with E-state index in [0.29, 0.717) is 18.7 Å². The molecule has 7 heteroatoms. The van der Waals surface area contributed by atoms with E-state index in [-0.39, 0.29) is 17.9 Å². The van der Waals surface area contributed by atoms with Gasteiger partial charge in [-0.3, -0.25) is 4.79 Å². The van der Waals surface area contributed by atoms with Crippen LogP contribution in [0.5, 0.6) is 5.75 Å². The Bertz CT molecular complexity index is 1030. The molecule has 0 saturated heterocycles. The highest BCUT2D eigenvalue weighted by Gasteiger charge is 2.36. The van der Waals surface area contributed by atoms with E-state index < -0.39 is 12.1 Å². The first-order valence-electron chi connectivity index (χ1n) is 12.2. The summed E-state index contributed by atoms with van der Waals surface area (Å²) in [5, 5.41) is 3.09. The van der Waals surface area contributed by atoms with E-state index >= 15 is 0 Å². The first-order chi connectivity index (χ1) is 16.2. The molecule has 1 atom stereocenters. The molecule has 2 aromatic rings. The summed E-state index contributed by atoms with van der Waals surface area (Å²) < 4.78 is 43.8. The zero-order valence-corrected chi connectivity index (χ0v) is 21.6. The average molecular weight is 491 g/mol. The van der Waals surface area contributed by atoms with E-state index in [2.05, 4.69) is 22.3 Å². The lowest BCUT2D eigenvalue weighted by Gasteiger charge is -2.26. The Kier molecular flexibility index (Phi) is 8.07. The molecule has 35 heavy (non-hydrogen) atoms. The number of halogens is 3. The number of anilines is 2. The van der Waals surface area contributed by atoms with Gasteiger partial charge in [-0.25, -0.2) is 0 Å². The molecule has 2 aromatic carbocycles. The van der Waals surface area contributed by atoms with Crippen LogP contribution in [0.25, 0.3) is 0 Å². The highest BCUT2D eigenvalue weighted by Crippen LogP contribution is 2.32. The van der Waals surface area contributed by atoms with Crippen molar-refractivity contribution < 1.29 is 22.7 Å². The molecule has 1 N–H and O–H groups in total. The van der Waals surface area contributed by atoms with Gasteiger partial charge in [-0.05, 0) is 78.6 Å². The second-order valence-electron chi connectivity index (χ2n) is 10.9. The highest BCUT2D eigenvalue weighted by molar-refractivity contribution is 5.93. The predicted octanol–water partition coefficient (Wildman–Crippen LogP) is 7.21. The second-order valence-corrected chi connectivity index (χ2v) is 10.9. The number of carbonyl (C=O) groups is 1. The van der Waals surface area contributed by atoms with Crippen LogP contribution < -0.4 is 15.0 Å². The average Bonchev–Trinajstić information content (AvgIpc) is 2.94. The number of alkyl halides is 3. The molecule has 1 amide bonds. The Labute approximate surface area is 206 Å². The first kappa shape index (κ1) is 26.9. The fourth-order valence-electron chi connectivity index (χ4n) is 4.35. The van der Waals surface area contributed by atoms with Gasteiger partial charge >= 0.3 is 6.18 Å². The smallest absolute Gasteiger partial charge is 0.394 e. The summed E-state index contributed by atoms with van der Waals surface area (Å²) in [6.45, 7) is 12.5. The van der Waals surface area contributed by atoms with Gasteiger partial charge in [0.1, 0.15) is 5.75 Å². The maximum atomic E-state index is 12.8. The van der Waals surface area contributed by atoms with Gasteiger partial charge in [-0.15, -0.1) is 0 Å². The van der Waals surface area contributed by atoms with Gasteiger partial charge in [0.05, 0.1) is 12.5 Å². The molecule has 0 saturated carbocycles. The molecule has 0 aromatic heterocycles. The minimum atomic E-state index is -4.26. The summed E-state index contributed by atoms with van der Waals surface area (Å²) in [5.41, 5.74) is 6.20. The number of carbonyl (C=O) groups excluding carboxylic acids is 1. The zero-order valence-electron chi connectivity index (χ0n) is 21.6. The maximum absolute atomic E-state index is 12.8. The molecular formula is C28H37F3N2O2. The van der Waals surface area contributed by atoms with Crippen molar-refractivity contribution in [3.63, 3.8) is 0 Å². The fraction of sp³-hybridized carbons (Fsp3) is 0.536. The molecule has 192 valence electrons. The lowest BCUT2D eigenvalue weighted by molar-refractivity contribution is -0.176. The Morgan fingerprint density at radius 1 is 1.09 bits per heavy atom. The van der Waals surface area contributed by atoms with Crippen LogP contribution in [0.2, 0.25) is 0 Å². The van der Waals surface area contributed by atoms with Crippen molar-refractivity contribution >= 4 is 17.3 Å². The van der Waals surface area contributed by atoms with Gasteiger partial charge in [-0.1, -0.05) is 33.8 Å². The summed E-state index contributed by atoms with van der Waals surface area (Å²) in [6.07, 6.45) is -2.03. The molecule has 4 nitrogen and oxygen atoms in total. The van der Waals surface area contributed by atoms with Crippen LogP contribution >= 0.6 is 0 Å². The van der Waals surface area contributed by atoms with E-state index in [4.69, 9.17) is 4.74 Å². The van der Waals surface area contributed by atoms with Gasteiger partial charge in [0.25, 0.3) is 0 Å². The third-order valence-corrected chi connectivity index (χ3v) is 6.31. The molecule has 1 aliphatic heterocycles. The van der Waals surface area contributed by atoms with E-state index in [1.807, 2.05) is 46.8 Å². The van der Waals surface area contributed by atoms with E-state index in [9.17, 15) is 18.0 Å². The summed E-state index contributed by atoms with van der Waals surface area (Å²) in [6, 6.07) is 9.82. The molecular weight excluding hydrogens is 453 g/mol. The molecule has 0 bridgehead atoms. The van der Waals surface area contributed by atoms with Crippen molar-refractivity contribution in [2.45, 2.75) is 73.5 Å². The predicted molar refractivity (Wildman–Crippen MR) is 135 cm³/mol. The Morgan fingerprint density at radius 2 is 1.74 bits per heavy atom. The minimum absolute atomic E-state index is 0.0165. The Morgan fingerprint density at radius 3 is 2.34 bits per heavy atom.